The van der Waals surface area contributed by atoms with Gasteiger partial charge in [0, 0.05) is 43.8 Å². The number of anilines is 3. The van der Waals surface area contributed by atoms with Crippen LogP contribution in [0.2, 0.25) is 0 Å². The Bertz CT molecular complexity index is 1170. The van der Waals surface area contributed by atoms with Crippen molar-refractivity contribution < 1.29 is 0 Å². The summed E-state index contributed by atoms with van der Waals surface area (Å²) in [6, 6.07) is 8.53. The smallest absolute Gasteiger partial charge is 0.230 e. The first-order chi connectivity index (χ1) is 14.6. The third-order valence-corrected chi connectivity index (χ3v) is 6.54. The number of aromatic nitrogens is 4. The zero-order valence-corrected chi connectivity index (χ0v) is 18.3. The molecule has 30 heavy (non-hydrogen) atoms. The number of nitrogens with zero attached hydrogens (tertiary/aromatic N) is 6. The Morgan fingerprint density at radius 2 is 1.77 bits per heavy atom. The van der Waals surface area contributed by atoms with E-state index in [1.54, 1.807) is 11.3 Å². The van der Waals surface area contributed by atoms with Crippen molar-refractivity contribution >= 4 is 38.9 Å². The molecule has 1 fully saturated rings. The molecule has 1 N–H and O–H groups in total. The van der Waals surface area contributed by atoms with Crippen LogP contribution in [0.3, 0.4) is 0 Å². The van der Waals surface area contributed by atoms with Crippen molar-refractivity contribution in [3.63, 3.8) is 0 Å². The van der Waals surface area contributed by atoms with Crippen LogP contribution in [0.25, 0.3) is 16.0 Å². The van der Waals surface area contributed by atoms with Gasteiger partial charge in [-0.25, -0.2) is 9.97 Å². The van der Waals surface area contributed by atoms with Crippen molar-refractivity contribution in [1.82, 2.24) is 24.4 Å². The Morgan fingerprint density at radius 1 is 1.00 bits per heavy atom. The van der Waals surface area contributed by atoms with Crippen LogP contribution in [0.5, 0.6) is 0 Å². The van der Waals surface area contributed by atoms with Gasteiger partial charge in [0.25, 0.3) is 0 Å². The summed E-state index contributed by atoms with van der Waals surface area (Å²) in [6.07, 6.45) is 3.80. The number of thiophene rings is 1. The lowest BCUT2D eigenvalue weighted by Gasteiger charge is -2.34. The molecule has 1 aliphatic rings. The van der Waals surface area contributed by atoms with E-state index in [9.17, 15) is 0 Å². The summed E-state index contributed by atoms with van der Waals surface area (Å²) in [6.45, 7) is 8.41. The molecular weight excluding hydrogens is 394 g/mol. The van der Waals surface area contributed by atoms with Crippen molar-refractivity contribution in [3.05, 3.63) is 53.4 Å². The van der Waals surface area contributed by atoms with Gasteiger partial charge in [0.05, 0.1) is 11.1 Å². The van der Waals surface area contributed by atoms with Gasteiger partial charge in [0.15, 0.2) is 5.82 Å². The Balaban J connectivity index is 1.43. The van der Waals surface area contributed by atoms with Crippen LogP contribution in [-0.2, 0) is 0 Å². The summed E-state index contributed by atoms with van der Waals surface area (Å²) in [5, 5.41) is 6.59. The normalized spacial score (nSPS) is 15.1. The number of rotatable bonds is 4. The van der Waals surface area contributed by atoms with Gasteiger partial charge < -0.3 is 15.1 Å². The number of likely N-dealkylation sites (N-methyl/N-ethyl adjacent to an activating group) is 1. The van der Waals surface area contributed by atoms with Crippen molar-refractivity contribution in [1.29, 1.82) is 0 Å². The minimum absolute atomic E-state index is 0.595. The van der Waals surface area contributed by atoms with E-state index >= 15 is 0 Å². The average Bonchev–Trinajstić information content (AvgIpc) is 3.35. The van der Waals surface area contributed by atoms with E-state index in [2.05, 4.69) is 63.7 Å². The number of piperazine rings is 1. The highest BCUT2D eigenvalue weighted by Crippen LogP contribution is 2.30. The summed E-state index contributed by atoms with van der Waals surface area (Å²) in [5.41, 5.74) is 4.38. The number of fused-ring (bicyclic) bond motifs is 1. The average molecular weight is 420 g/mol. The number of hydrogen-bond acceptors (Lipinski definition) is 7. The van der Waals surface area contributed by atoms with E-state index in [1.165, 1.54) is 11.3 Å². The van der Waals surface area contributed by atoms with Crippen LogP contribution >= 0.6 is 11.3 Å². The number of nitrogens with one attached hydrogen (secondary N) is 1. The molecule has 0 unspecified atom stereocenters. The summed E-state index contributed by atoms with van der Waals surface area (Å²) in [7, 11) is 2.18. The quantitative estimate of drug-likeness (QED) is 0.540. The van der Waals surface area contributed by atoms with Crippen LogP contribution in [0.1, 0.15) is 11.3 Å². The molecule has 0 saturated carbocycles. The Kier molecular flexibility index (Phi) is 4.88. The lowest BCUT2D eigenvalue weighted by molar-refractivity contribution is 0.313. The van der Waals surface area contributed by atoms with Gasteiger partial charge in [-0.1, -0.05) is 0 Å². The van der Waals surface area contributed by atoms with Crippen molar-refractivity contribution in [2.45, 2.75) is 13.8 Å². The molecule has 0 aliphatic carbocycles. The third-order valence-electron chi connectivity index (χ3n) is 5.55. The highest BCUT2D eigenvalue weighted by Gasteiger charge is 2.16. The lowest BCUT2D eigenvalue weighted by Crippen LogP contribution is -2.44. The molecule has 0 spiro atoms. The van der Waals surface area contributed by atoms with Crippen molar-refractivity contribution in [3.8, 4) is 5.82 Å². The molecule has 5 rings (SSSR count). The minimum atomic E-state index is 0.595. The second-order valence-electron chi connectivity index (χ2n) is 7.85. The summed E-state index contributed by atoms with van der Waals surface area (Å²) in [4.78, 5) is 19.7. The third kappa shape index (κ3) is 3.64. The topological polar surface area (TPSA) is 62.1 Å². The SMILES string of the molecule is Cc1cn(-c2nc(Nc3ccc(N4CCN(C)CC4)cc3)nc3scc(C)c23)cn1. The highest BCUT2D eigenvalue weighted by atomic mass is 32.1. The highest BCUT2D eigenvalue weighted by molar-refractivity contribution is 7.17. The molecule has 0 bridgehead atoms. The molecule has 0 amide bonds. The van der Waals surface area contributed by atoms with Gasteiger partial charge in [0.1, 0.15) is 11.2 Å². The fourth-order valence-corrected chi connectivity index (χ4v) is 4.71. The number of hydrogen-bond donors (Lipinski definition) is 1. The molecule has 154 valence electrons. The zero-order chi connectivity index (χ0) is 20.7. The predicted molar refractivity (Wildman–Crippen MR) is 123 cm³/mol. The van der Waals surface area contributed by atoms with E-state index in [-0.39, 0.29) is 0 Å². The fourth-order valence-electron chi connectivity index (χ4n) is 3.79. The van der Waals surface area contributed by atoms with Crippen LogP contribution in [0.15, 0.2) is 42.2 Å². The van der Waals surface area contributed by atoms with Crippen LogP contribution < -0.4 is 10.2 Å². The molecule has 0 radical (unpaired) electrons. The van der Waals surface area contributed by atoms with Crippen LogP contribution in [-0.4, -0.2) is 57.6 Å². The first kappa shape index (κ1) is 19.0. The number of imidazole rings is 1. The van der Waals surface area contributed by atoms with E-state index in [0.29, 0.717) is 5.95 Å². The second-order valence-corrected chi connectivity index (χ2v) is 8.71. The number of aryl methyl sites for hydroxylation is 2. The summed E-state index contributed by atoms with van der Waals surface area (Å²) in [5.74, 6) is 1.45. The van der Waals surface area contributed by atoms with Gasteiger partial charge >= 0.3 is 0 Å². The second kappa shape index (κ2) is 7.70. The molecule has 0 atom stereocenters. The molecule has 3 aromatic heterocycles. The molecule has 4 aromatic rings. The van der Waals surface area contributed by atoms with Crippen molar-refractivity contribution in [2.24, 2.45) is 0 Å². The fraction of sp³-hybridized carbons (Fsp3) is 0.318. The van der Waals surface area contributed by atoms with E-state index in [1.807, 2.05) is 24.0 Å². The molecular formula is C22H25N7S. The van der Waals surface area contributed by atoms with Crippen molar-refractivity contribution in [2.75, 3.05) is 43.4 Å². The van der Waals surface area contributed by atoms with Gasteiger partial charge in [-0.15, -0.1) is 11.3 Å². The van der Waals surface area contributed by atoms with E-state index < -0.39 is 0 Å². The summed E-state index contributed by atoms with van der Waals surface area (Å²) < 4.78 is 1.97. The van der Waals surface area contributed by atoms with Gasteiger partial charge in [-0.2, -0.15) is 4.98 Å². The maximum absolute atomic E-state index is 4.82. The van der Waals surface area contributed by atoms with Gasteiger partial charge in [0.2, 0.25) is 5.95 Å². The molecule has 8 heteroatoms. The maximum Gasteiger partial charge on any atom is 0.230 e. The monoisotopic (exact) mass is 419 g/mol. The molecule has 1 saturated heterocycles. The van der Waals surface area contributed by atoms with E-state index in [0.717, 1.165) is 53.6 Å². The number of benzene rings is 1. The summed E-state index contributed by atoms with van der Waals surface area (Å²) >= 11 is 1.64. The maximum atomic E-state index is 4.82. The Morgan fingerprint density at radius 3 is 2.47 bits per heavy atom. The predicted octanol–water partition coefficient (Wildman–Crippen LogP) is 3.99. The van der Waals surface area contributed by atoms with Gasteiger partial charge in [-0.3, -0.25) is 4.57 Å². The first-order valence-electron chi connectivity index (χ1n) is 10.1. The first-order valence-corrected chi connectivity index (χ1v) is 11.0. The molecule has 7 nitrogen and oxygen atoms in total. The largest absolute Gasteiger partial charge is 0.369 e. The Hall–Kier alpha value is -2.97. The standard InChI is InChI=1S/C22H25N7S/c1-15-13-30-21-19(15)20(29-12-16(2)23-14-29)25-22(26-21)24-17-4-6-18(7-5-17)28-10-8-27(3)9-11-28/h4-7,12-14H,8-11H2,1-3H3,(H,24,25,26). The van der Waals surface area contributed by atoms with Gasteiger partial charge in [-0.05, 0) is 56.1 Å². The lowest BCUT2D eigenvalue weighted by atomic mass is 10.2. The molecule has 4 heterocycles. The molecule has 1 aromatic carbocycles. The van der Waals surface area contributed by atoms with Crippen LogP contribution in [0.4, 0.5) is 17.3 Å². The van der Waals surface area contributed by atoms with Crippen LogP contribution in [0, 0.1) is 13.8 Å². The zero-order valence-electron chi connectivity index (χ0n) is 17.5. The minimum Gasteiger partial charge on any atom is -0.369 e. The van der Waals surface area contributed by atoms with E-state index in [4.69, 9.17) is 9.97 Å². The molecule has 1 aliphatic heterocycles. The Labute approximate surface area is 180 Å².